The van der Waals surface area contributed by atoms with Gasteiger partial charge in [-0.2, -0.15) is 0 Å². The van der Waals surface area contributed by atoms with Crippen LogP contribution in [0.5, 0.6) is 0 Å². The minimum atomic E-state index is -0.437. The summed E-state index contributed by atoms with van der Waals surface area (Å²) in [5.74, 6) is 0. The highest BCUT2D eigenvalue weighted by molar-refractivity contribution is 5.89. The number of nitrogens with two attached hydrogens (primary N) is 1. The predicted octanol–water partition coefficient (Wildman–Crippen LogP) is 2.24. The van der Waals surface area contributed by atoms with Crippen molar-refractivity contribution in [3.63, 3.8) is 0 Å². The standard InChI is InChI=1S/C13H21N3O/c1-9-6-5-7-11(8-9)15-12(17)16-13(3,4)10(2)14/h5-8,10H,14H2,1-4H3,(H2,15,16,17). The van der Waals surface area contributed by atoms with Crippen LogP contribution in [0.1, 0.15) is 26.3 Å². The van der Waals surface area contributed by atoms with Crippen molar-refractivity contribution >= 4 is 11.7 Å². The fourth-order valence-corrected chi connectivity index (χ4v) is 1.29. The van der Waals surface area contributed by atoms with Crippen molar-refractivity contribution < 1.29 is 4.79 Å². The largest absolute Gasteiger partial charge is 0.331 e. The van der Waals surface area contributed by atoms with Gasteiger partial charge in [-0.25, -0.2) is 4.79 Å². The van der Waals surface area contributed by atoms with Gasteiger partial charge < -0.3 is 16.4 Å². The van der Waals surface area contributed by atoms with Crippen molar-refractivity contribution in [1.82, 2.24) is 5.32 Å². The quantitative estimate of drug-likeness (QED) is 0.752. The predicted molar refractivity (Wildman–Crippen MR) is 71.1 cm³/mol. The molecule has 2 amide bonds. The number of nitrogens with one attached hydrogen (secondary N) is 2. The zero-order chi connectivity index (χ0) is 13.1. The molecular formula is C13H21N3O. The summed E-state index contributed by atoms with van der Waals surface area (Å²) in [5.41, 5.74) is 7.24. The highest BCUT2D eigenvalue weighted by Crippen LogP contribution is 2.11. The number of rotatable bonds is 3. The van der Waals surface area contributed by atoms with E-state index in [-0.39, 0.29) is 12.1 Å². The van der Waals surface area contributed by atoms with Crippen LogP contribution in [-0.2, 0) is 0 Å². The van der Waals surface area contributed by atoms with Gasteiger partial charge in [-0.15, -0.1) is 0 Å². The summed E-state index contributed by atoms with van der Waals surface area (Å²) in [6, 6.07) is 7.30. The number of hydrogen-bond donors (Lipinski definition) is 3. The van der Waals surface area contributed by atoms with Gasteiger partial charge in [0.25, 0.3) is 0 Å². The minimum absolute atomic E-state index is 0.120. The first-order valence-electron chi connectivity index (χ1n) is 5.72. The molecule has 0 bridgehead atoms. The molecule has 1 unspecified atom stereocenters. The van der Waals surface area contributed by atoms with Gasteiger partial charge in [-0.05, 0) is 45.4 Å². The molecule has 1 rings (SSSR count). The average Bonchev–Trinajstić information content (AvgIpc) is 2.15. The number of anilines is 1. The zero-order valence-corrected chi connectivity index (χ0v) is 10.9. The first kappa shape index (κ1) is 13.5. The molecule has 4 nitrogen and oxygen atoms in total. The van der Waals surface area contributed by atoms with Gasteiger partial charge >= 0.3 is 6.03 Å². The van der Waals surface area contributed by atoms with E-state index >= 15 is 0 Å². The number of aryl methyl sites for hydroxylation is 1. The third-order valence-corrected chi connectivity index (χ3v) is 2.85. The topological polar surface area (TPSA) is 67.2 Å². The van der Waals surface area contributed by atoms with Crippen molar-refractivity contribution in [2.75, 3.05) is 5.32 Å². The van der Waals surface area contributed by atoms with E-state index in [0.717, 1.165) is 11.3 Å². The maximum Gasteiger partial charge on any atom is 0.319 e. The van der Waals surface area contributed by atoms with Crippen LogP contribution >= 0.6 is 0 Å². The van der Waals surface area contributed by atoms with Gasteiger partial charge in [0, 0.05) is 11.7 Å². The Morgan fingerprint density at radius 3 is 2.59 bits per heavy atom. The summed E-state index contributed by atoms with van der Waals surface area (Å²) in [5, 5.41) is 5.64. The van der Waals surface area contributed by atoms with Crippen LogP contribution in [-0.4, -0.2) is 17.6 Å². The van der Waals surface area contributed by atoms with E-state index in [0.29, 0.717) is 0 Å². The van der Waals surface area contributed by atoms with Crippen molar-refractivity contribution in [2.45, 2.75) is 39.3 Å². The molecule has 1 aromatic carbocycles. The second-order valence-corrected chi connectivity index (χ2v) is 4.96. The maximum absolute atomic E-state index is 11.8. The molecular weight excluding hydrogens is 214 g/mol. The molecule has 0 heterocycles. The van der Waals surface area contributed by atoms with Crippen molar-refractivity contribution in [3.8, 4) is 0 Å². The second kappa shape index (κ2) is 5.19. The average molecular weight is 235 g/mol. The Balaban J connectivity index is 2.62. The monoisotopic (exact) mass is 235 g/mol. The fraction of sp³-hybridized carbons (Fsp3) is 0.462. The Kier molecular flexibility index (Phi) is 4.12. The lowest BCUT2D eigenvalue weighted by molar-refractivity contribution is 0.237. The fourth-order valence-electron chi connectivity index (χ4n) is 1.29. The summed E-state index contributed by atoms with van der Waals surface area (Å²) in [6.07, 6.45) is 0. The normalized spacial score (nSPS) is 13.0. The number of hydrogen-bond acceptors (Lipinski definition) is 2. The van der Waals surface area contributed by atoms with Crippen molar-refractivity contribution in [3.05, 3.63) is 29.8 Å². The molecule has 1 atom stereocenters. The molecule has 0 saturated carbocycles. The number of carbonyl (C=O) groups is 1. The number of amides is 2. The molecule has 0 radical (unpaired) electrons. The van der Waals surface area contributed by atoms with Crippen LogP contribution in [0.25, 0.3) is 0 Å². The molecule has 94 valence electrons. The van der Waals surface area contributed by atoms with Crippen LogP contribution in [0.4, 0.5) is 10.5 Å². The summed E-state index contributed by atoms with van der Waals surface area (Å²) in [6.45, 7) is 7.64. The van der Waals surface area contributed by atoms with Crippen LogP contribution in [0, 0.1) is 6.92 Å². The zero-order valence-electron chi connectivity index (χ0n) is 10.9. The summed E-state index contributed by atoms with van der Waals surface area (Å²) in [4.78, 5) is 11.8. The van der Waals surface area contributed by atoms with Crippen molar-refractivity contribution in [1.29, 1.82) is 0 Å². The summed E-state index contributed by atoms with van der Waals surface area (Å²) in [7, 11) is 0. The molecule has 0 aromatic heterocycles. The summed E-state index contributed by atoms with van der Waals surface area (Å²) >= 11 is 0. The Morgan fingerprint density at radius 1 is 1.41 bits per heavy atom. The van der Waals surface area contributed by atoms with E-state index in [1.165, 1.54) is 0 Å². The Morgan fingerprint density at radius 2 is 2.06 bits per heavy atom. The van der Waals surface area contributed by atoms with E-state index in [9.17, 15) is 4.79 Å². The highest BCUT2D eigenvalue weighted by Gasteiger charge is 2.24. The molecule has 0 fully saturated rings. The first-order valence-corrected chi connectivity index (χ1v) is 5.72. The Hall–Kier alpha value is -1.55. The van der Waals surface area contributed by atoms with Gasteiger partial charge in [-0.3, -0.25) is 0 Å². The molecule has 0 aliphatic heterocycles. The SMILES string of the molecule is Cc1cccc(NC(=O)NC(C)(C)C(C)N)c1. The van der Waals surface area contributed by atoms with E-state index in [1.54, 1.807) is 0 Å². The van der Waals surface area contributed by atoms with Gasteiger partial charge in [0.1, 0.15) is 0 Å². The lowest BCUT2D eigenvalue weighted by Gasteiger charge is -2.30. The lowest BCUT2D eigenvalue weighted by Crippen LogP contribution is -2.55. The molecule has 4 N–H and O–H groups in total. The smallest absolute Gasteiger partial charge is 0.319 e. The van der Waals surface area contributed by atoms with Crippen LogP contribution in [0.3, 0.4) is 0 Å². The maximum atomic E-state index is 11.8. The van der Waals surface area contributed by atoms with E-state index in [1.807, 2.05) is 52.0 Å². The van der Waals surface area contributed by atoms with Gasteiger partial charge in [-0.1, -0.05) is 12.1 Å². The van der Waals surface area contributed by atoms with Crippen LogP contribution in [0.15, 0.2) is 24.3 Å². The van der Waals surface area contributed by atoms with Crippen molar-refractivity contribution in [2.24, 2.45) is 5.73 Å². The third-order valence-electron chi connectivity index (χ3n) is 2.85. The molecule has 17 heavy (non-hydrogen) atoms. The molecule has 0 saturated heterocycles. The molecule has 4 heteroatoms. The number of benzene rings is 1. The molecule has 1 aromatic rings. The Bertz CT molecular complexity index is 399. The van der Waals surface area contributed by atoms with Crippen LogP contribution in [0.2, 0.25) is 0 Å². The second-order valence-electron chi connectivity index (χ2n) is 4.96. The van der Waals surface area contributed by atoms with Crippen LogP contribution < -0.4 is 16.4 Å². The molecule has 0 spiro atoms. The number of urea groups is 1. The first-order chi connectivity index (χ1) is 7.81. The van der Waals surface area contributed by atoms with Gasteiger partial charge in [0.2, 0.25) is 0 Å². The highest BCUT2D eigenvalue weighted by atomic mass is 16.2. The summed E-state index contributed by atoms with van der Waals surface area (Å²) < 4.78 is 0. The molecule has 0 aliphatic carbocycles. The Labute approximate surface area is 103 Å². The lowest BCUT2D eigenvalue weighted by atomic mass is 9.97. The molecule has 0 aliphatic rings. The van der Waals surface area contributed by atoms with E-state index < -0.39 is 5.54 Å². The minimum Gasteiger partial charge on any atom is -0.331 e. The number of carbonyl (C=O) groups excluding carboxylic acids is 1. The third kappa shape index (κ3) is 4.07. The van der Waals surface area contributed by atoms with Gasteiger partial charge in [0.15, 0.2) is 0 Å². The van der Waals surface area contributed by atoms with E-state index in [2.05, 4.69) is 10.6 Å². The van der Waals surface area contributed by atoms with E-state index in [4.69, 9.17) is 5.73 Å². The van der Waals surface area contributed by atoms with Gasteiger partial charge in [0.05, 0.1) is 5.54 Å².